The Balaban J connectivity index is 2.03. The first kappa shape index (κ1) is 12.7. The van der Waals surface area contributed by atoms with E-state index in [1.54, 1.807) is 18.3 Å². The van der Waals surface area contributed by atoms with E-state index in [4.69, 9.17) is 9.47 Å². The fourth-order valence-corrected chi connectivity index (χ4v) is 1.70. The monoisotopic (exact) mass is 250 g/mol. The number of hydrogen-bond acceptors (Lipinski definition) is 5. The van der Waals surface area contributed by atoms with Crippen molar-refractivity contribution in [3.8, 4) is 11.5 Å². The molecule has 98 valence electrons. The van der Waals surface area contributed by atoms with E-state index in [0.717, 1.165) is 31.9 Å². The molecule has 1 aliphatic rings. The van der Waals surface area contributed by atoms with Crippen molar-refractivity contribution in [3.63, 3.8) is 0 Å². The molecule has 1 N–H and O–H groups in total. The summed E-state index contributed by atoms with van der Waals surface area (Å²) in [4.78, 5) is 0. The van der Waals surface area contributed by atoms with E-state index in [-0.39, 0.29) is 5.75 Å². The van der Waals surface area contributed by atoms with Gasteiger partial charge in [-0.25, -0.2) is 0 Å². The molecule has 1 aromatic rings. The van der Waals surface area contributed by atoms with Crippen LogP contribution in [0.15, 0.2) is 23.3 Å². The number of phenols is 1. The molecule has 2 rings (SSSR count). The van der Waals surface area contributed by atoms with Crippen molar-refractivity contribution in [3.05, 3.63) is 23.8 Å². The van der Waals surface area contributed by atoms with Crippen LogP contribution in [0.2, 0.25) is 0 Å². The van der Waals surface area contributed by atoms with Crippen molar-refractivity contribution in [2.24, 2.45) is 5.10 Å². The first-order valence-corrected chi connectivity index (χ1v) is 6.12. The number of benzene rings is 1. The minimum Gasteiger partial charge on any atom is -0.504 e. The van der Waals surface area contributed by atoms with Crippen LogP contribution < -0.4 is 4.74 Å². The molecule has 0 aliphatic carbocycles. The van der Waals surface area contributed by atoms with E-state index < -0.39 is 0 Å². The Morgan fingerprint density at radius 3 is 2.94 bits per heavy atom. The Kier molecular flexibility index (Phi) is 4.41. The Hall–Kier alpha value is -1.75. The lowest BCUT2D eigenvalue weighted by Crippen LogP contribution is -2.32. The number of hydrogen-bond donors (Lipinski definition) is 1. The molecule has 1 fully saturated rings. The molecule has 0 spiro atoms. The van der Waals surface area contributed by atoms with E-state index >= 15 is 0 Å². The van der Waals surface area contributed by atoms with Gasteiger partial charge in [0.1, 0.15) is 0 Å². The maximum atomic E-state index is 9.59. The van der Waals surface area contributed by atoms with Gasteiger partial charge in [0.25, 0.3) is 0 Å². The molecule has 0 bridgehead atoms. The number of phenolic OH excluding ortho intramolecular Hbond substituents is 1. The number of ether oxygens (including phenoxy) is 2. The SMILES string of the molecule is CCOc1cc(C=NN2CCOCC2)ccc1O. The molecule has 1 aromatic carbocycles. The second-order valence-corrected chi connectivity index (χ2v) is 3.97. The summed E-state index contributed by atoms with van der Waals surface area (Å²) in [5, 5.41) is 15.9. The molecule has 0 radical (unpaired) electrons. The summed E-state index contributed by atoms with van der Waals surface area (Å²) in [6.45, 7) is 5.47. The highest BCUT2D eigenvalue weighted by atomic mass is 16.5. The Morgan fingerprint density at radius 1 is 1.44 bits per heavy atom. The molecule has 0 aromatic heterocycles. The molecule has 0 amide bonds. The van der Waals surface area contributed by atoms with Crippen LogP contribution in [-0.4, -0.2) is 49.2 Å². The first-order valence-electron chi connectivity index (χ1n) is 6.12. The van der Waals surface area contributed by atoms with Crippen LogP contribution in [0.5, 0.6) is 11.5 Å². The topological polar surface area (TPSA) is 54.3 Å². The molecule has 18 heavy (non-hydrogen) atoms. The third kappa shape index (κ3) is 3.37. The zero-order chi connectivity index (χ0) is 12.8. The van der Waals surface area contributed by atoms with Gasteiger partial charge in [-0.1, -0.05) is 0 Å². The van der Waals surface area contributed by atoms with E-state index in [0.29, 0.717) is 12.4 Å². The highest BCUT2D eigenvalue weighted by molar-refractivity contribution is 5.80. The van der Waals surface area contributed by atoms with Gasteiger partial charge in [0.2, 0.25) is 0 Å². The van der Waals surface area contributed by atoms with Gasteiger partial charge < -0.3 is 14.6 Å². The summed E-state index contributed by atoms with van der Waals surface area (Å²) in [6.07, 6.45) is 1.77. The van der Waals surface area contributed by atoms with Crippen LogP contribution >= 0.6 is 0 Å². The Labute approximate surface area is 107 Å². The zero-order valence-corrected chi connectivity index (χ0v) is 10.5. The summed E-state index contributed by atoms with van der Waals surface area (Å²) in [5.74, 6) is 0.642. The molecular weight excluding hydrogens is 232 g/mol. The van der Waals surface area contributed by atoms with Crippen molar-refractivity contribution < 1.29 is 14.6 Å². The molecule has 1 aliphatic heterocycles. The van der Waals surface area contributed by atoms with Gasteiger partial charge in [-0.3, -0.25) is 5.01 Å². The summed E-state index contributed by atoms with van der Waals surface area (Å²) >= 11 is 0. The van der Waals surface area contributed by atoms with Crippen LogP contribution in [0.1, 0.15) is 12.5 Å². The molecule has 0 unspecified atom stereocenters. The third-order valence-corrected chi connectivity index (χ3v) is 2.64. The largest absolute Gasteiger partial charge is 0.504 e. The van der Waals surface area contributed by atoms with Gasteiger partial charge in [0.15, 0.2) is 11.5 Å². The fourth-order valence-electron chi connectivity index (χ4n) is 1.70. The molecular formula is C13H18N2O3. The van der Waals surface area contributed by atoms with Gasteiger partial charge in [0.05, 0.1) is 39.1 Å². The zero-order valence-electron chi connectivity index (χ0n) is 10.5. The molecule has 0 atom stereocenters. The van der Waals surface area contributed by atoms with E-state index in [9.17, 15) is 5.11 Å². The lowest BCUT2D eigenvalue weighted by atomic mass is 10.2. The van der Waals surface area contributed by atoms with Gasteiger partial charge >= 0.3 is 0 Å². The van der Waals surface area contributed by atoms with Crippen molar-refractivity contribution in [1.82, 2.24) is 5.01 Å². The summed E-state index contributed by atoms with van der Waals surface area (Å²) in [7, 11) is 0. The van der Waals surface area contributed by atoms with E-state index in [2.05, 4.69) is 5.10 Å². The second kappa shape index (κ2) is 6.26. The standard InChI is InChI=1S/C13H18N2O3/c1-2-18-13-9-11(3-4-12(13)16)10-14-15-5-7-17-8-6-15/h3-4,9-10,16H,2,5-8H2,1H3. The second-order valence-electron chi connectivity index (χ2n) is 3.97. The van der Waals surface area contributed by atoms with Crippen molar-refractivity contribution in [2.45, 2.75) is 6.92 Å². The van der Waals surface area contributed by atoms with Crippen molar-refractivity contribution in [2.75, 3.05) is 32.9 Å². The van der Waals surface area contributed by atoms with Crippen molar-refractivity contribution >= 4 is 6.21 Å². The van der Waals surface area contributed by atoms with Gasteiger partial charge in [-0.2, -0.15) is 5.10 Å². The van der Waals surface area contributed by atoms with E-state index in [1.807, 2.05) is 18.0 Å². The van der Waals surface area contributed by atoms with Crippen LogP contribution in [0.3, 0.4) is 0 Å². The number of morpholine rings is 1. The summed E-state index contributed by atoms with van der Waals surface area (Å²) in [6, 6.07) is 5.20. The average molecular weight is 250 g/mol. The highest BCUT2D eigenvalue weighted by Crippen LogP contribution is 2.26. The third-order valence-electron chi connectivity index (χ3n) is 2.64. The van der Waals surface area contributed by atoms with Crippen LogP contribution in [0.25, 0.3) is 0 Å². The first-order chi connectivity index (χ1) is 8.79. The van der Waals surface area contributed by atoms with Gasteiger partial charge in [-0.15, -0.1) is 0 Å². The molecule has 5 nitrogen and oxygen atoms in total. The predicted molar refractivity (Wildman–Crippen MR) is 69.3 cm³/mol. The van der Waals surface area contributed by atoms with Crippen LogP contribution in [0, 0.1) is 0 Å². The van der Waals surface area contributed by atoms with Crippen molar-refractivity contribution in [1.29, 1.82) is 0 Å². The minimum atomic E-state index is 0.153. The quantitative estimate of drug-likeness (QED) is 0.822. The number of aromatic hydroxyl groups is 1. The summed E-state index contributed by atoms with van der Waals surface area (Å²) < 4.78 is 10.6. The fraction of sp³-hybridized carbons (Fsp3) is 0.462. The normalized spacial score (nSPS) is 16.2. The molecule has 0 saturated carbocycles. The van der Waals surface area contributed by atoms with Gasteiger partial charge in [0, 0.05) is 0 Å². The van der Waals surface area contributed by atoms with E-state index in [1.165, 1.54) is 0 Å². The number of hydrazone groups is 1. The Morgan fingerprint density at radius 2 is 2.22 bits per heavy atom. The van der Waals surface area contributed by atoms with Crippen LogP contribution in [-0.2, 0) is 4.74 Å². The highest BCUT2D eigenvalue weighted by Gasteiger charge is 2.07. The smallest absolute Gasteiger partial charge is 0.161 e. The maximum Gasteiger partial charge on any atom is 0.161 e. The van der Waals surface area contributed by atoms with Crippen LogP contribution in [0.4, 0.5) is 0 Å². The lowest BCUT2D eigenvalue weighted by Gasteiger charge is -2.23. The summed E-state index contributed by atoms with van der Waals surface area (Å²) in [5.41, 5.74) is 0.905. The molecule has 1 saturated heterocycles. The number of rotatable bonds is 4. The van der Waals surface area contributed by atoms with Gasteiger partial charge in [-0.05, 0) is 30.7 Å². The molecule has 5 heteroatoms. The number of nitrogens with zero attached hydrogens (tertiary/aromatic N) is 2. The lowest BCUT2D eigenvalue weighted by molar-refractivity contribution is 0.0397. The predicted octanol–water partition coefficient (Wildman–Crippen LogP) is 1.46. The maximum absolute atomic E-state index is 9.59. The Bertz CT molecular complexity index is 415. The minimum absolute atomic E-state index is 0.153. The average Bonchev–Trinajstić information content (AvgIpc) is 2.41. The molecule has 1 heterocycles.